The fraction of sp³-hybridized carbons (Fsp3) is 0.300. The molecule has 0 aliphatic carbocycles. The molecule has 0 radical (unpaired) electrons. The minimum Gasteiger partial charge on any atom is -0.496 e. The standard InChI is InChI=1S/C20H24N2O6/c1-23-15-9-19(27-5)17(25-3)7-13(15)11-21-22-12-14-8-18(26-4)20(28-6)10-16(14)24-2/h7-12H,1-6H3/b21-11-,22-12-. The third kappa shape index (κ3) is 4.64. The average molecular weight is 388 g/mol. The highest BCUT2D eigenvalue weighted by molar-refractivity contribution is 5.88. The highest BCUT2D eigenvalue weighted by Gasteiger charge is 2.11. The van der Waals surface area contributed by atoms with E-state index in [4.69, 9.17) is 28.4 Å². The molecule has 0 atom stereocenters. The summed E-state index contributed by atoms with van der Waals surface area (Å²) in [6, 6.07) is 6.96. The van der Waals surface area contributed by atoms with E-state index in [1.165, 1.54) is 0 Å². The largest absolute Gasteiger partial charge is 0.496 e. The molecule has 0 aliphatic rings. The van der Waals surface area contributed by atoms with Crippen molar-refractivity contribution in [2.45, 2.75) is 0 Å². The van der Waals surface area contributed by atoms with Gasteiger partial charge in [-0.1, -0.05) is 0 Å². The number of hydrogen-bond acceptors (Lipinski definition) is 8. The summed E-state index contributed by atoms with van der Waals surface area (Å²) >= 11 is 0. The van der Waals surface area contributed by atoms with Crippen molar-refractivity contribution in [2.75, 3.05) is 42.7 Å². The lowest BCUT2D eigenvalue weighted by atomic mass is 10.2. The van der Waals surface area contributed by atoms with Crippen molar-refractivity contribution in [3.63, 3.8) is 0 Å². The zero-order valence-electron chi connectivity index (χ0n) is 16.8. The Hall–Kier alpha value is -3.42. The van der Waals surface area contributed by atoms with Gasteiger partial charge in [0.1, 0.15) is 11.5 Å². The van der Waals surface area contributed by atoms with Crippen LogP contribution in [0.3, 0.4) is 0 Å². The second-order valence-electron chi connectivity index (χ2n) is 5.39. The predicted octanol–water partition coefficient (Wildman–Crippen LogP) is 3.19. The lowest BCUT2D eigenvalue weighted by Crippen LogP contribution is -1.97. The van der Waals surface area contributed by atoms with E-state index in [0.29, 0.717) is 45.6 Å². The number of ether oxygens (including phenoxy) is 6. The molecule has 2 aromatic rings. The van der Waals surface area contributed by atoms with Gasteiger partial charge >= 0.3 is 0 Å². The second kappa shape index (κ2) is 10.1. The first-order valence-electron chi connectivity index (χ1n) is 8.28. The number of hydrogen-bond donors (Lipinski definition) is 0. The molecule has 2 aromatic carbocycles. The van der Waals surface area contributed by atoms with Crippen LogP contribution in [0.4, 0.5) is 0 Å². The lowest BCUT2D eigenvalue weighted by Gasteiger charge is -2.11. The van der Waals surface area contributed by atoms with Crippen molar-refractivity contribution in [3.05, 3.63) is 35.4 Å². The first kappa shape index (κ1) is 20.9. The van der Waals surface area contributed by atoms with E-state index in [1.54, 1.807) is 79.4 Å². The van der Waals surface area contributed by atoms with E-state index in [1.807, 2.05) is 0 Å². The average Bonchev–Trinajstić information content (AvgIpc) is 2.75. The van der Waals surface area contributed by atoms with Crippen LogP contribution in [0.25, 0.3) is 0 Å². The van der Waals surface area contributed by atoms with E-state index >= 15 is 0 Å². The fourth-order valence-electron chi connectivity index (χ4n) is 2.50. The SMILES string of the molecule is COc1cc(OC)c(OC)cc1/C=N\N=C/c1cc(OC)c(OC)cc1OC. The predicted molar refractivity (Wildman–Crippen MR) is 107 cm³/mol. The molecule has 2 rings (SSSR count). The normalized spacial score (nSPS) is 10.9. The summed E-state index contributed by atoms with van der Waals surface area (Å²) in [5.41, 5.74) is 1.38. The summed E-state index contributed by atoms with van der Waals surface area (Å²) in [7, 11) is 9.38. The van der Waals surface area contributed by atoms with Crippen molar-refractivity contribution < 1.29 is 28.4 Å². The van der Waals surface area contributed by atoms with Crippen LogP contribution in [0.5, 0.6) is 34.5 Å². The Labute approximate surface area is 164 Å². The van der Waals surface area contributed by atoms with Gasteiger partial charge in [0.05, 0.1) is 55.1 Å². The number of methoxy groups -OCH3 is 6. The minimum atomic E-state index is 0.565. The highest BCUT2D eigenvalue weighted by atomic mass is 16.5. The maximum absolute atomic E-state index is 5.37. The number of nitrogens with zero attached hydrogens (tertiary/aromatic N) is 2. The topological polar surface area (TPSA) is 80.1 Å². The van der Waals surface area contributed by atoms with Gasteiger partial charge in [0.25, 0.3) is 0 Å². The Bertz CT molecular complexity index is 793. The maximum Gasteiger partial charge on any atom is 0.164 e. The van der Waals surface area contributed by atoms with Gasteiger partial charge in [-0.2, -0.15) is 10.2 Å². The zero-order chi connectivity index (χ0) is 20.5. The van der Waals surface area contributed by atoms with Crippen LogP contribution in [0.2, 0.25) is 0 Å². The van der Waals surface area contributed by atoms with Crippen LogP contribution in [-0.2, 0) is 0 Å². The van der Waals surface area contributed by atoms with Crippen molar-refractivity contribution in [1.29, 1.82) is 0 Å². The lowest BCUT2D eigenvalue weighted by molar-refractivity contribution is 0.349. The van der Waals surface area contributed by atoms with Gasteiger partial charge < -0.3 is 28.4 Å². The van der Waals surface area contributed by atoms with E-state index < -0.39 is 0 Å². The van der Waals surface area contributed by atoms with Crippen LogP contribution in [0, 0.1) is 0 Å². The van der Waals surface area contributed by atoms with E-state index in [0.717, 1.165) is 0 Å². The molecule has 0 heterocycles. The summed E-state index contributed by atoms with van der Waals surface area (Å²) in [6.07, 6.45) is 3.12. The minimum absolute atomic E-state index is 0.565. The molecule has 0 fully saturated rings. The van der Waals surface area contributed by atoms with Gasteiger partial charge in [0.2, 0.25) is 0 Å². The molecule has 0 N–H and O–H groups in total. The Balaban J connectivity index is 2.31. The monoisotopic (exact) mass is 388 g/mol. The van der Waals surface area contributed by atoms with E-state index in [-0.39, 0.29) is 0 Å². The van der Waals surface area contributed by atoms with Crippen molar-refractivity contribution >= 4 is 12.4 Å². The van der Waals surface area contributed by atoms with Crippen LogP contribution in [-0.4, -0.2) is 55.1 Å². The number of rotatable bonds is 9. The third-order valence-corrected chi connectivity index (χ3v) is 3.93. The maximum atomic E-state index is 5.37. The van der Waals surface area contributed by atoms with Crippen LogP contribution in [0.1, 0.15) is 11.1 Å². The van der Waals surface area contributed by atoms with Gasteiger partial charge in [-0.3, -0.25) is 0 Å². The summed E-state index contributed by atoms with van der Waals surface area (Å²) in [5.74, 6) is 3.43. The quantitative estimate of drug-likeness (QED) is 0.485. The van der Waals surface area contributed by atoms with Gasteiger partial charge in [-0.05, 0) is 12.1 Å². The molecule has 8 nitrogen and oxygen atoms in total. The first-order chi connectivity index (χ1) is 13.6. The summed E-state index contributed by atoms with van der Waals surface area (Å²) in [5, 5.41) is 8.18. The molecule has 150 valence electrons. The Morgan fingerprint density at radius 1 is 0.464 bits per heavy atom. The van der Waals surface area contributed by atoms with Gasteiger partial charge in [0, 0.05) is 23.3 Å². The molecule has 0 saturated carbocycles. The molecule has 0 unspecified atom stereocenters. The molecule has 0 aliphatic heterocycles. The summed E-state index contributed by atoms with van der Waals surface area (Å²) < 4.78 is 31.9. The van der Waals surface area contributed by atoms with E-state index in [2.05, 4.69) is 10.2 Å². The van der Waals surface area contributed by atoms with Crippen molar-refractivity contribution in [1.82, 2.24) is 0 Å². The summed E-state index contributed by atoms with van der Waals surface area (Å²) in [4.78, 5) is 0. The molecule has 0 aromatic heterocycles. The van der Waals surface area contributed by atoms with Crippen LogP contribution >= 0.6 is 0 Å². The molecule has 0 saturated heterocycles. The Morgan fingerprint density at radius 3 is 1.04 bits per heavy atom. The molecule has 8 heteroatoms. The molecule has 0 bridgehead atoms. The van der Waals surface area contributed by atoms with E-state index in [9.17, 15) is 0 Å². The Morgan fingerprint density at radius 2 is 0.750 bits per heavy atom. The van der Waals surface area contributed by atoms with Crippen LogP contribution < -0.4 is 28.4 Å². The Kier molecular flexibility index (Phi) is 7.50. The molecule has 0 amide bonds. The fourth-order valence-corrected chi connectivity index (χ4v) is 2.50. The molecule has 0 spiro atoms. The van der Waals surface area contributed by atoms with Crippen molar-refractivity contribution in [2.24, 2.45) is 10.2 Å². The van der Waals surface area contributed by atoms with Crippen molar-refractivity contribution in [3.8, 4) is 34.5 Å². The second-order valence-corrected chi connectivity index (χ2v) is 5.39. The number of benzene rings is 2. The molecular weight excluding hydrogens is 364 g/mol. The smallest absolute Gasteiger partial charge is 0.164 e. The van der Waals surface area contributed by atoms with Gasteiger partial charge in [-0.25, -0.2) is 0 Å². The molecular formula is C20H24N2O6. The first-order valence-corrected chi connectivity index (χ1v) is 8.28. The zero-order valence-corrected chi connectivity index (χ0v) is 16.8. The molecule has 28 heavy (non-hydrogen) atoms. The summed E-state index contributed by atoms with van der Waals surface area (Å²) in [6.45, 7) is 0. The van der Waals surface area contributed by atoms with Gasteiger partial charge in [-0.15, -0.1) is 0 Å². The van der Waals surface area contributed by atoms with Crippen LogP contribution in [0.15, 0.2) is 34.5 Å². The third-order valence-electron chi connectivity index (χ3n) is 3.93. The highest BCUT2D eigenvalue weighted by Crippen LogP contribution is 2.34. The van der Waals surface area contributed by atoms with Gasteiger partial charge in [0.15, 0.2) is 23.0 Å².